The molecule has 0 saturated heterocycles. The molecule has 0 heterocycles. The highest BCUT2D eigenvalue weighted by Crippen LogP contribution is 2.16. The number of hydrogen-bond acceptors (Lipinski definition) is 3. The highest BCUT2D eigenvalue weighted by molar-refractivity contribution is 7.88. The van der Waals surface area contributed by atoms with Crippen LogP contribution in [-0.4, -0.2) is 36.4 Å². The van der Waals surface area contributed by atoms with Gasteiger partial charge in [0.25, 0.3) is 0 Å². The molecule has 0 radical (unpaired) electrons. The fourth-order valence-electron chi connectivity index (χ4n) is 2.02. The lowest BCUT2D eigenvalue weighted by atomic mass is 10.1. The molecule has 0 amide bonds. The lowest BCUT2D eigenvalue weighted by molar-refractivity contribution is 0.0697. The van der Waals surface area contributed by atoms with Crippen LogP contribution in [0.4, 0.5) is 0 Å². The quantitative estimate of drug-likeness (QED) is 0.838. The summed E-state index contributed by atoms with van der Waals surface area (Å²) in [5.74, 6) is -1.13. The van der Waals surface area contributed by atoms with Gasteiger partial charge in [-0.15, -0.1) is 0 Å². The van der Waals surface area contributed by atoms with Gasteiger partial charge in [0.2, 0.25) is 10.0 Å². The molecule has 20 heavy (non-hydrogen) atoms. The molecule has 112 valence electrons. The summed E-state index contributed by atoms with van der Waals surface area (Å²) in [6.45, 7) is 6.08. The number of rotatable bonds is 7. The Balaban J connectivity index is 2.92. The van der Waals surface area contributed by atoms with E-state index in [1.807, 2.05) is 20.8 Å². The molecule has 0 aliphatic rings. The van der Waals surface area contributed by atoms with Crippen molar-refractivity contribution in [2.75, 3.05) is 6.54 Å². The largest absolute Gasteiger partial charge is 0.478 e. The van der Waals surface area contributed by atoms with Crippen molar-refractivity contribution in [3.8, 4) is 0 Å². The highest BCUT2D eigenvalue weighted by Gasteiger charge is 2.25. The molecule has 0 spiro atoms. The third-order valence-electron chi connectivity index (χ3n) is 3.30. The van der Waals surface area contributed by atoms with Crippen LogP contribution in [0.15, 0.2) is 24.3 Å². The van der Waals surface area contributed by atoms with Gasteiger partial charge in [-0.1, -0.05) is 26.0 Å². The molecule has 1 unspecified atom stereocenters. The van der Waals surface area contributed by atoms with Crippen LogP contribution in [0.1, 0.15) is 43.1 Å². The number of carboxylic acids is 1. The Morgan fingerprint density at radius 1 is 1.25 bits per heavy atom. The Bertz CT molecular complexity index is 551. The molecule has 6 heteroatoms. The van der Waals surface area contributed by atoms with Gasteiger partial charge in [0, 0.05) is 12.6 Å². The number of sulfonamides is 1. The van der Waals surface area contributed by atoms with Gasteiger partial charge < -0.3 is 5.11 Å². The minimum Gasteiger partial charge on any atom is -0.478 e. The monoisotopic (exact) mass is 299 g/mol. The van der Waals surface area contributed by atoms with Crippen LogP contribution in [0.3, 0.4) is 0 Å². The maximum atomic E-state index is 12.4. The van der Waals surface area contributed by atoms with E-state index in [0.717, 1.165) is 6.42 Å². The summed E-state index contributed by atoms with van der Waals surface area (Å²) in [6, 6.07) is 5.90. The first-order valence-corrected chi connectivity index (χ1v) is 8.24. The standard InChI is InChI=1S/C14H21NO4S/c1-4-11(3)15(5-2)20(18,19)10-12-6-8-13(9-7-12)14(16)17/h6-9,11H,4-5,10H2,1-3H3,(H,16,17). The van der Waals surface area contributed by atoms with Gasteiger partial charge in [0.1, 0.15) is 0 Å². The highest BCUT2D eigenvalue weighted by atomic mass is 32.2. The third kappa shape index (κ3) is 4.05. The lowest BCUT2D eigenvalue weighted by Gasteiger charge is -2.26. The Hall–Kier alpha value is -1.40. The Labute approximate surface area is 120 Å². The second-order valence-electron chi connectivity index (χ2n) is 4.72. The average molecular weight is 299 g/mol. The molecule has 0 aliphatic carbocycles. The van der Waals surface area contributed by atoms with E-state index in [1.54, 1.807) is 12.1 Å². The first-order chi connectivity index (χ1) is 9.31. The number of nitrogens with zero attached hydrogens (tertiary/aromatic N) is 1. The van der Waals surface area contributed by atoms with E-state index >= 15 is 0 Å². The van der Waals surface area contributed by atoms with Crippen molar-refractivity contribution in [2.45, 2.75) is 39.0 Å². The van der Waals surface area contributed by atoms with Gasteiger partial charge in [0.15, 0.2) is 0 Å². The summed E-state index contributed by atoms with van der Waals surface area (Å²) in [7, 11) is -3.38. The van der Waals surface area contributed by atoms with E-state index in [0.29, 0.717) is 12.1 Å². The minimum absolute atomic E-state index is 0.0386. The van der Waals surface area contributed by atoms with Gasteiger partial charge >= 0.3 is 5.97 Å². The SMILES string of the molecule is CCC(C)N(CC)S(=O)(=O)Cc1ccc(C(=O)O)cc1. The van der Waals surface area contributed by atoms with Crippen LogP contribution in [0.5, 0.6) is 0 Å². The Morgan fingerprint density at radius 3 is 2.20 bits per heavy atom. The van der Waals surface area contributed by atoms with Gasteiger partial charge in [-0.05, 0) is 31.0 Å². The maximum absolute atomic E-state index is 12.4. The van der Waals surface area contributed by atoms with E-state index in [9.17, 15) is 13.2 Å². The van der Waals surface area contributed by atoms with Crippen LogP contribution in [0.2, 0.25) is 0 Å². The molecule has 1 aromatic carbocycles. The number of carboxylic acid groups (broad SMARTS) is 1. The summed E-state index contributed by atoms with van der Waals surface area (Å²) in [5.41, 5.74) is 0.747. The minimum atomic E-state index is -3.38. The molecule has 0 fully saturated rings. The zero-order valence-corrected chi connectivity index (χ0v) is 12.9. The van der Waals surface area contributed by atoms with Gasteiger partial charge in [0.05, 0.1) is 11.3 Å². The molecule has 1 N–H and O–H groups in total. The zero-order valence-electron chi connectivity index (χ0n) is 12.0. The first-order valence-electron chi connectivity index (χ1n) is 6.63. The maximum Gasteiger partial charge on any atom is 0.335 e. The van der Waals surface area contributed by atoms with Crippen molar-refractivity contribution < 1.29 is 18.3 Å². The number of aromatic carboxylic acids is 1. The summed E-state index contributed by atoms with van der Waals surface area (Å²) < 4.78 is 26.2. The second kappa shape index (κ2) is 6.85. The molecular weight excluding hydrogens is 278 g/mol. The van der Waals surface area contributed by atoms with Crippen molar-refractivity contribution >= 4 is 16.0 Å². The predicted molar refractivity (Wildman–Crippen MR) is 78.2 cm³/mol. The summed E-state index contributed by atoms with van der Waals surface area (Å²) in [6.07, 6.45) is 0.755. The van der Waals surface area contributed by atoms with Crippen LogP contribution in [0, 0.1) is 0 Å². The van der Waals surface area contributed by atoms with E-state index < -0.39 is 16.0 Å². The average Bonchev–Trinajstić information content (AvgIpc) is 2.38. The van der Waals surface area contributed by atoms with Crippen molar-refractivity contribution in [3.05, 3.63) is 35.4 Å². The van der Waals surface area contributed by atoms with E-state index in [2.05, 4.69) is 0 Å². The second-order valence-corrected chi connectivity index (χ2v) is 6.64. The predicted octanol–water partition coefficient (Wildman–Crippen LogP) is 2.33. The lowest BCUT2D eigenvalue weighted by Crippen LogP contribution is -2.38. The summed E-state index contributed by atoms with van der Waals surface area (Å²) in [4.78, 5) is 10.8. The van der Waals surface area contributed by atoms with E-state index in [4.69, 9.17) is 5.11 Å². The van der Waals surface area contributed by atoms with Crippen molar-refractivity contribution in [1.29, 1.82) is 0 Å². The summed E-state index contributed by atoms with van der Waals surface area (Å²) >= 11 is 0. The number of hydrogen-bond donors (Lipinski definition) is 1. The van der Waals surface area contributed by atoms with Crippen molar-refractivity contribution in [1.82, 2.24) is 4.31 Å². The number of carbonyl (C=O) groups is 1. The van der Waals surface area contributed by atoms with Gasteiger partial charge in [-0.2, -0.15) is 4.31 Å². The van der Waals surface area contributed by atoms with Crippen LogP contribution < -0.4 is 0 Å². The fraction of sp³-hybridized carbons (Fsp3) is 0.500. The molecule has 5 nitrogen and oxygen atoms in total. The van der Waals surface area contributed by atoms with E-state index in [1.165, 1.54) is 16.4 Å². The number of benzene rings is 1. The molecular formula is C14H21NO4S. The molecule has 0 aliphatic heterocycles. The molecule has 0 saturated carbocycles. The first kappa shape index (κ1) is 16.7. The van der Waals surface area contributed by atoms with Crippen LogP contribution in [-0.2, 0) is 15.8 Å². The van der Waals surface area contributed by atoms with Crippen LogP contribution >= 0.6 is 0 Å². The Kier molecular flexibility index (Phi) is 5.71. The topological polar surface area (TPSA) is 74.7 Å². The zero-order chi connectivity index (χ0) is 15.3. The van der Waals surface area contributed by atoms with Crippen molar-refractivity contribution in [3.63, 3.8) is 0 Å². The summed E-state index contributed by atoms with van der Waals surface area (Å²) in [5, 5.41) is 8.81. The normalized spacial score (nSPS) is 13.4. The molecule has 1 rings (SSSR count). The smallest absolute Gasteiger partial charge is 0.335 e. The fourth-order valence-corrected chi connectivity index (χ4v) is 3.89. The molecule has 0 bridgehead atoms. The van der Waals surface area contributed by atoms with Crippen LogP contribution in [0.25, 0.3) is 0 Å². The third-order valence-corrected chi connectivity index (χ3v) is 5.33. The Morgan fingerprint density at radius 2 is 1.80 bits per heavy atom. The van der Waals surface area contributed by atoms with Crippen molar-refractivity contribution in [2.24, 2.45) is 0 Å². The van der Waals surface area contributed by atoms with Gasteiger partial charge in [-0.3, -0.25) is 0 Å². The van der Waals surface area contributed by atoms with Gasteiger partial charge in [-0.25, -0.2) is 13.2 Å². The molecule has 1 atom stereocenters. The molecule has 1 aromatic rings. The molecule has 0 aromatic heterocycles. The van der Waals surface area contributed by atoms with E-state index in [-0.39, 0.29) is 17.4 Å².